The Morgan fingerprint density at radius 2 is 1.39 bits per heavy atom. The number of rotatable bonds is 12. The monoisotopic (exact) mass is 637 g/mol. The molecule has 5 rings (SSSR count). The number of anilines is 1. The third kappa shape index (κ3) is 7.68. The standard InChI is InChI=1S/C38H43N3O4S/c1-28-16-14-24-35(30(28)3)41(46(44,45)34-22-8-5-9-23-34)27-37(42)40(26-32-19-11-10-15-29(32)2)36(25-31-17-6-4-7-18-31)38(43)39-33-20-12-13-21-33/h4-11,14-19,22-24,33,36H,12-13,20-21,25-27H2,1-3H3,(H,39,43)/t36-/m1/s1. The molecule has 0 radical (unpaired) electrons. The van der Waals surface area contributed by atoms with E-state index in [4.69, 9.17) is 0 Å². The summed E-state index contributed by atoms with van der Waals surface area (Å²) in [5.74, 6) is -0.673. The molecule has 1 fully saturated rings. The van der Waals surface area contributed by atoms with E-state index in [2.05, 4.69) is 5.32 Å². The highest BCUT2D eigenvalue weighted by atomic mass is 32.2. The topological polar surface area (TPSA) is 86.8 Å². The first kappa shape index (κ1) is 32.9. The van der Waals surface area contributed by atoms with Crippen LogP contribution in [0.2, 0.25) is 0 Å². The fourth-order valence-electron chi connectivity index (χ4n) is 6.13. The predicted octanol–water partition coefficient (Wildman–Crippen LogP) is 6.51. The van der Waals surface area contributed by atoms with Gasteiger partial charge in [0.25, 0.3) is 10.0 Å². The number of benzene rings is 4. The largest absolute Gasteiger partial charge is 0.352 e. The van der Waals surface area contributed by atoms with Crippen molar-refractivity contribution in [1.82, 2.24) is 10.2 Å². The van der Waals surface area contributed by atoms with Crippen molar-refractivity contribution in [3.63, 3.8) is 0 Å². The second-order valence-corrected chi connectivity index (χ2v) is 14.0. The molecule has 4 aromatic rings. The number of hydrogen-bond acceptors (Lipinski definition) is 4. The van der Waals surface area contributed by atoms with Crippen molar-refractivity contribution < 1.29 is 18.0 Å². The van der Waals surface area contributed by atoms with Crippen LogP contribution in [0.1, 0.15) is 53.5 Å². The van der Waals surface area contributed by atoms with Crippen LogP contribution in [0.25, 0.3) is 0 Å². The van der Waals surface area contributed by atoms with Crippen LogP contribution in [0.15, 0.2) is 108 Å². The third-order valence-corrected chi connectivity index (χ3v) is 10.8. The molecule has 0 heterocycles. The maximum Gasteiger partial charge on any atom is 0.264 e. The van der Waals surface area contributed by atoms with Crippen molar-refractivity contribution in [3.05, 3.63) is 131 Å². The predicted molar refractivity (Wildman–Crippen MR) is 183 cm³/mol. The number of aryl methyl sites for hydroxylation is 2. The van der Waals surface area contributed by atoms with E-state index in [9.17, 15) is 18.0 Å². The zero-order valence-electron chi connectivity index (χ0n) is 26.9. The van der Waals surface area contributed by atoms with Gasteiger partial charge < -0.3 is 10.2 Å². The highest BCUT2D eigenvalue weighted by Crippen LogP contribution is 2.29. The molecule has 46 heavy (non-hydrogen) atoms. The summed E-state index contributed by atoms with van der Waals surface area (Å²) >= 11 is 0. The lowest BCUT2D eigenvalue weighted by atomic mass is 10.0. The molecule has 240 valence electrons. The van der Waals surface area contributed by atoms with Crippen molar-refractivity contribution in [3.8, 4) is 0 Å². The number of sulfonamides is 1. The Morgan fingerprint density at radius 1 is 0.783 bits per heavy atom. The Labute approximate surface area is 273 Å². The average molecular weight is 638 g/mol. The van der Waals surface area contributed by atoms with Crippen molar-refractivity contribution in [2.75, 3.05) is 10.8 Å². The highest BCUT2D eigenvalue weighted by molar-refractivity contribution is 7.92. The van der Waals surface area contributed by atoms with Gasteiger partial charge in [0, 0.05) is 19.0 Å². The van der Waals surface area contributed by atoms with Crippen molar-refractivity contribution in [2.45, 2.75) is 76.4 Å². The van der Waals surface area contributed by atoms with Crippen LogP contribution in [0.4, 0.5) is 5.69 Å². The Morgan fingerprint density at radius 3 is 2.07 bits per heavy atom. The van der Waals surface area contributed by atoms with Gasteiger partial charge in [-0.15, -0.1) is 0 Å². The number of carbonyl (C=O) groups is 2. The lowest BCUT2D eigenvalue weighted by Gasteiger charge is -2.35. The number of carbonyl (C=O) groups excluding carboxylic acids is 2. The van der Waals surface area contributed by atoms with Crippen LogP contribution in [0, 0.1) is 20.8 Å². The number of nitrogens with zero attached hydrogens (tertiary/aromatic N) is 2. The molecule has 8 heteroatoms. The quantitative estimate of drug-likeness (QED) is 0.192. The normalized spacial score (nSPS) is 14.1. The zero-order valence-corrected chi connectivity index (χ0v) is 27.7. The molecular weight excluding hydrogens is 595 g/mol. The molecule has 1 saturated carbocycles. The highest BCUT2D eigenvalue weighted by Gasteiger charge is 2.36. The summed E-state index contributed by atoms with van der Waals surface area (Å²) in [6, 6.07) is 30.3. The summed E-state index contributed by atoms with van der Waals surface area (Å²) in [5.41, 5.74) is 4.90. The molecule has 4 aromatic carbocycles. The minimum absolute atomic E-state index is 0.0612. The van der Waals surface area contributed by atoms with Gasteiger partial charge in [-0.25, -0.2) is 8.42 Å². The van der Waals surface area contributed by atoms with E-state index in [1.54, 1.807) is 35.2 Å². The van der Waals surface area contributed by atoms with Crippen LogP contribution < -0.4 is 9.62 Å². The first-order valence-corrected chi connectivity index (χ1v) is 17.4. The average Bonchev–Trinajstić information content (AvgIpc) is 3.57. The van der Waals surface area contributed by atoms with Gasteiger partial charge in [0.1, 0.15) is 12.6 Å². The lowest BCUT2D eigenvalue weighted by Crippen LogP contribution is -2.54. The van der Waals surface area contributed by atoms with E-state index < -0.39 is 28.5 Å². The molecule has 0 aliphatic heterocycles. The lowest BCUT2D eigenvalue weighted by molar-refractivity contribution is -0.140. The van der Waals surface area contributed by atoms with Crippen LogP contribution in [-0.2, 0) is 32.6 Å². The van der Waals surface area contributed by atoms with Crippen LogP contribution >= 0.6 is 0 Å². The van der Waals surface area contributed by atoms with Crippen LogP contribution in [0.3, 0.4) is 0 Å². The zero-order chi connectivity index (χ0) is 32.7. The minimum Gasteiger partial charge on any atom is -0.352 e. The maximum absolute atomic E-state index is 14.7. The van der Waals surface area contributed by atoms with Crippen LogP contribution in [0.5, 0.6) is 0 Å². The van der Waals surface area contributed by atoms with E-state index in [0.29, 0.717) is 12.1 Å². The number of nitrogens with one attached hydrogen (secondary N) is 1. The Balaban J connectivity index is 1.59. The van der Waals surface area contributed by atoms with E-state index in [0.717, 1.165) is 53.5 Å². The summed E-state index contributed by atoms with van der Waals surface area (Å²) in [7, 11) is -4.14. The van der Waals surface area contributed by atoms with E-state index >= 15 is 0 Å². The molecule has 0 bridgehead atoms. The van der Waals surface area contributed by atoms with Crippen molar-refractivity contribution in [1.29, 1.82) is 0 Å². The van der Waals surface area contributed by atoms with E-state index in [1.807, 2.05) is 81.4 Å². The van der Waals surface area contributed by atoms with E-state index in [1.165, 1.54) is 16.4 Å². The molecule has 0 unspecified atom stereocenters. The van der Waals surface area contributed by atoms with Gasteiger partial charge in [0.15, 0.2) is 0 Å². The second-order valence-electron chi connectivity index (χ2n) is 12.2. The van der Waals surface area contributed by atoms with Crippen LogP contribution in [-0.4, -0.2) is 43.8 Å². The first-order chi connectivity index (χ1) is 22.1. The summed E-state index contributed by atoms with van der Waals surface area (Å²) in [6.07, 6.45) is 4.23. The summed E-state index contributed by atoms with van der Waals surface area (Å²) in [6.45, 7) is 5.45. The summed E-state index contributed by atoms with van der Waals surface area (Å²) < 4.78 is 29.7. The van der Waals surface area contributed by atoms with Crippen molar-refractivity contribution >= 4 is 27.5 Å². The minimum atomic E-state index is -4.14. The third-order valence-electron chi connectivity index (χ3n) is 9.03. The summed E-state index contributed by atoms with van der Waals surface area (Å²) in [5, 5.41) is 3.23. The molecule has 2 amide bonds. The second kappa shape index (κ2) is 14.8. The molecular formula is C38H43N3O4S. The fraction of sp³-hybridized carbons (Fsp3) is 0.316. The van der Waals surface area contributed by atoms with Crippen molar-refractivity contribution in [2.24, 2.45) is 0 Å². The van der Waals surface area contributed by atoms with Gasteiger partial charge in [0.05, 0.1) is 10.6 Å². The first-order valence-electron chi connectivity index (χ1n) is 16.0. The SMILES string of the molecule is Cc1ccccc1CN(C(=O)CN(c1cccc(C)c1C)S(=O)(=O)c1ccccc1)[C@H](Cc1ccccc1)C(=O)NC1CCCC1. The maximum atomic E-state index is 14.7. The van der Waals surface area contributed by atoms with Gasteiger partial charge in [-0.3, -0.25) is 13.9 Å². The van der Waals surface area contributed by atoms with Gasteiger partial charge >= 0.3 is 0 Å². The van der Waals surface area contributed by atoms with Gasteiger partial charge in [-0.05, 0) is 79.6 Å². The molecule has 1 aliphatic rings. The molecule has 1 aliphatic carbocycles. The number of hydrogen-bond donors (Lipinski definition) is 1. The smallest absolute Gasteiger partial charge is 0.264 e. The molecule has 1 atom stereocenters. The van der Waals surface area contributed by atoms with Gasteiger partial charge in [0.2, 0.25) is 11.8 Å². The number of amides is 2. The molecule has 1 N–H and O–H groups in total. The van der Waals surface area contributed by atoms with E-state index in [-0.39, 0.29) is 23.4 Å². The van der Waals surface area contributed by atoms with Gasteiger partial charge in [-0.2, -0.15) is 0 Å². The summed E-state index contributed by atoms with van der Waals surface area (Å²) in [4.78, 5) is 30.6. The Bertz CT molecular complexity index is 1750. The molecule has 7 nitrogen and oxygen atoms in total. The van der Waals surface area contributed by atoms with Gasteiger partial charge in [-0.1, -0.05) is 97.8 Å². The Hall–Kier alpha value is -4.43. The molecule has 0 spiro atoms. The molecule has 0 aromatic heterocycles. The Kier molecular flexibility index (Phi) is 10.6. The molecule has 0 saturated heterocycles. The fourth-order valence-corrected chi connectivity index (χ4v) is 7.62.